The smallest absolute Gasteiger partial charge is 0.242 e. The third-order valence-corrected chi connectivity index (χ3v) is 5.47. The Hall–Kier alpha value is -1.53. The van der Waals surface area contributed by atoms with Crippen molar-refractivity contribution in [1.82, 2.24) is 14.5 Å². The highest BCUT2D eigenvalue weighted by Gasteiger charge is 2.31. The maximum absolute atomic E-state index is 12.9. The first-order valence-corrected chi connectivity index (χ1v) is 9.88. The van der Waals surface area contributed by atoms with Crippen molar-refractivity contribution in [3.8, 4) is 0 Å². The molecule has 2 atom stereocenters. The number of piperidine rings is 1. The zero-order chi connectivity index (χ0) is 17.1. The Morgan fingerprint density at radius 1 is 1.42 bits per heavy atom. The number of nitrogens with zero attached hydrogens (tertiary/aromatic N) is 3. The summed E-state index contributed by atoms with van der Waals surface area (Å²) in [5.74, 6) is 2.13. The number of para-hydroxylation sites is 2. The Morgan fingerprint density at radius 3 is 2.96 bits per heavy atom. The van der Waals surface area contributed by atoms with Gasteiger partial charge in [-0.15, -0.1) is 0 Å². The fourth-order valence-corrected chi connectivity index (χ4v) is 4.08. The number of fused-ring (bicyclic) bond motifs is 1. The van der Waals surface area contributed by atoms with E-state index in [0.717, 1.165) is 42.0 Å². The molecule has 1 N–H and O–H groups in total. The number of likely N-dealkylation sites (tertiary alicyclic amines) is 1. The van der Waals surface area contributed by atoms with Crippen LogP contribution in [0.4, 0.5) is 0 Å². The van der Waals surface area contributed by atoms with Crippen LogP contribution in [0.25, 0.3) is 11.0 Å². The van der Waals surface area contributed by atoms with E-state index in [2.05, 4.69) is 11.9 Å². The number of aromatic nitrogens is 2. The molecule has 1 aromatic heterocycles. The number of hydrogen-bond donors (Lipinski definition) is 1. The molecule has 2 unspecified atom stereocenters. The molecule has 1 amide bonds. The number of hydrogen-bond acceptors (Lipinski definition) is 4. The monoisotopic (exact) mass is 347 g/mol. The van der Waals surface area contributed by atoms with Crippen molar-refractivity contribution in [2.24, 2.45) is 5.92 Å². The average molecular weight is 347 g/mol. The van der Waals surface area contributed by atoms with Gasteiger partial charge in [-0.25, -0.2) is 4.98 Å². The predicted molar refractivity (Wildman–Crippen MR) is 97.9 cm³/mol. The first-order valence-electron chi connectivity index (χ1n) is 8.49. The maximum Gasteiger partial charge on any atom is 0.242 e. The molecule has 5 nitrogen and oxygen atoms in total. The van der Waals surface area contributed by atoms with Crippen molar-refractivity contribution in [1.29, 1.82) is 0 Å². The van der Waals surface area contributed by atoms with E-state index in [0.29, 0.717) is 12.5 Å². The molecule has 130 valence electrons. The molecule has 2 heterocycles. The Bertz CT molecular complexity index is 715. The zero-order valence-electron chi connectivity index (χ0n) is 14.3. The fourth-order valence-electron chi connectivity index (χ4n) is 3.60. The molecule has 1 aliphatic rings. The lowest BCUT2D eigenvalue weighted by Gasteiger charge is -2.39. The van der Waals surface area contributed by atoms with Crippen molar-refractivity contribution in [3.63, 3.8) is 0 Å². The van der Waals surface area contributed by atoms with Crippen molar-refractivity contribution in [2.75, 3.05) is 19.4 Å². The molecule has 24 heavy (non-hydrogen) atoms. The van der Waals surface area contributed by atoms with Crippen LogP contribution in [0.5, 0.6) is 0 Å². The van der Waals surface area contributed by atoms with Crippen molar-refractivity contribution >= 4 is 28.7 Å². The lowest BCUT2D eigenvalue weighted by atomic mass is 9.91. The maximum atomic E-state index is 12.9. The van der Waals surface area contributed by atoms with Gasteiger partial charge in [-0.1, -0.05) is 19.1 Å². The topological polar surface area (TPSA) is 58.4 Å². The van der Waals surface area contributed by atoms with Crippen LogP contribution < -0.4 is 0 Å². The van der Waals surface area contributed by atoms with E-state index in [1.807, 2.05) is 40.0 Å². The number of aliphatic hydroxyl groups excluding tert-OH is 1. The van der Waals surface area contributed by atoms with Crippen LogP contribution in [0.15, 0.2) is 24.3 Å². The molecular formula is C18H25N3O2S. The lowest BCUT2D eigenvalue weighted by molar-refractivity contribution is -0.138. The Morgan fingerprint density at radius 2 is 2.21 bits per heavy atom. The van der Waals surface area contributed by atoms with Gasteiger partial charge < -0.3 is 14.6 Å². The summed E-state index contributed by atoms with van der Waals surface area (Å²) in [7, 11) is 0. The third-order valence-electron chi connectivity index (χ3n) is 4.92. The van der Waals surface area contributed by atoms with Crippen LogP contribution in [0.1, 0.15) is 25.6 Å². The second kappa shape index (κ2) is 7.57. The van der Waals surface area contributed by atoms with Gasteiger partial charge in [-0.3, -0.25) is 4.79 Å². The summed E-state index contributed by atoms with van der Waals surface area (Å²) >= 11 is 1.70. The Balaban J connectivity index is 1.88. The van der Waals surface area contributed by atoms with Gasteiger partial charge >= 0.3 is 0 Å². The molecule has 0 spiro atoms. The fraction of sp³-hybridized carbons (Fsp3) is 0.556. The molecule has 2 aromatic rings. The number of carbonyl (C=O) groups is 1. The first kappa shape index (κ1) is 17.3. The molecule has 3 rings (SSSR count). The lowest BCUT2D eigenvalue weighted by Crippen LogP contribution is -2.50. The second-order valence-corrected chi connectivity index (χ2v) is 7.36. The normalized spacial score (nSPS) is 21.4. The largest absolute Gasteiger partial charge is 0.394 e. The molecule has 0 aliphatic carbocycles. The van der Waals surface area contributed by atoms with E-state index in [1.54, 1.807) is 11.8 Å². The molecule has 1 fully saturated rings. The van der Waals surface area contributed by atoms with E-state index in [1.165, 1.54) is 0 Å². The molecule has 1 saturated heterocycles. The molecule has 0 radical (unpaired) electrons. The van der Waals surface area contributed by atoms with Crippen molar-refractivity contribution in [2.45, 2.75) is 38.1 Å². The number of benzene rings is 1. The van der Waals surface area contributed by atoms with Gasteiger partial charge in [0.2, 0.25) is 5.91 Å². The highest BCUT2D eigenvalue weighted by atomic mass is 32.2. The van der Waals surface area contributed by atoms with Crippen molar-refractivity contribution in [3.05, 3.63) is 30.1 Å². The van der Waals surface area contributed by atoms with Crippen molar-refractivity contribution < 1.29 is 9.90 Å². The van der Waals surface area contributed by atoms with Crippen LogP contribution in [0, 0.1) is 5.92 Å². The second-order valence-electron chi connectivity index (χ2n) is 6.49. The van der Waals surface area contributed by atoms with Gasteiger partial charge in [0, 0.05) is 6.54 Å². The Kier molecular flexibility index (Phi) is 5.46. The highest BCUT2D eigenvalue weighted by Crippen LogP contribution is 2.25. The van der Waals surface area contributed by atoms with Crippen LogP contribution in [0.2, 0.25) is 0 Å². The summed E-state index contributed by atoms with van der Waals surface area (Å²) in [5, 5.41) is 9.70. The van der Waals surface area contributed by atoms with E-state index >= 15 is 0 Å². The summed E-state index contributed by atoms with van der Waals surface area (Å²) in [4.78, 5) is 19.5. The van der Waals surface area contributed by atoms with E-state index in [4.69, 9.17) is 0 Å². The number of imidazole rings is 1. The molecule has 6 heteroatoms. The minimum atomic E-state index is -0.0648. The Labute approximate surface area is 147 Å². The molecule has 0 bridgehead atoms. The minimum absolute atomic E-state index is 0.0370. The van der Waals surface area contributed by atoms with Crippen LogP contribution >= 0.6 is 11.8 Å². The van der Waals surface area contributed by atoms with Crippen LogP contribution in [-0.2, 0) is 17.1 Å². The number of aliphatic hydroxyl groups is 1. The third kappa shape index (κ3) is 3.30. The van der Waals surface area contributed by atoms with Gasteiger partial charge in [-0.2, -0.15) is 11.8 Å². The summed E-state index contributed by atoms with van der Waals surface area (Å²) in [6, 6.07) is 7.89. The molecule has 1 aliphatic heterocycles. The summed E-state index contributed by atoms with van der Waals surface area (Å²) in [6.07, 6.45) is 4.12. The summed E-state index contributed by atoms with van der Waals surface area (Å²) < 4.78 is 2.03. The SMILES string of the molecule is CSCc1nc2ccccc2n1CC(=O)N1CCCC(C)C1CO. The van der Waals surface area contributed by atoms with Gasteiger partial charge in [0.15, 0.2) is 0 Å². The zero-order valence-corrected chi connectivity index (χ0v) is 15.1. The van der Waals surface area contributed by atoms with E-state index in [-0.39, 0.29) is 18.6 Å². The molecule has 1 aromatic carbocycles. The highest BCUT2D eigenvalue weighted by molar-refractivity contribution is 7.97. The van der Waals surface area contributed by atoms with Gasteiger partial charge in [0.25, 0.3) is 0 Å². The standard InChI is InChI=1S/C18H25N3O2S/c1-13-6-5-9-20(16(13)11-22)18(23)10-21-15-8-4-3-7-14(15)19-17(21)12-24-2/h3-4,7-8,13,16,22H,5-6,9-12H2,1-2H3. The predicted octanol–water partition coefficient (Wildman–Crippen LogP) is 2.52. The molecule has 0 saturated carbocycles. The van der Waals surface area contributed by atoms with Gasteiger partial charge in [-0.05, 0) is 37.1 Å². The summed E-state index contributed by atoms with van der Waals surface area (Å²) in [6.45, 7) is 3.18. The quantitative estimate of drug-likeness (QED) is 0.903. The van der Waals surface area contributed by atoms with Gasteiger partial charge in [0.05, 0.1) is 29.4 Å². The van der Waals surface area contributed by atoms with Crippen LogP contribution in [-0.4, -0.2) is 50.9 Å². The van der Waals surface area contributed by atoms with Crippen LogP contribution in [0.3, 0.4) is 0 Å². The number of thioether (sulfide) groups is 1. The number of amides is 1. The number of carbonyl (C=O) groups excluding carboxylic acids is 1. The van der Waals surface area contributed by atoms with Gasteiger partial charge in [0.1, 0.15) is 12.4 Å². The average Bonchev–Trinajstić information content (AvgIpc) is 2.92. The number of rotatable bonds is 5. The summed E-state index contributed by atoms with van der Waals surface area (Å²) in [5.41, 5.74) is 1.93. The first-order chi connectivity index (χ1) is 11.7. The van der Waals surface area contributed by atoms with E-state index in [9.17, 15) is 9.90 Å². The minimum Gasteiger partial charge on any atom is -0.394 e. The van der Waals surface area contributed by atoms with E-state index < -0.39 is 0 Å². The molecular weight excluding hydrogens is 322 g/mol.